The van der Waals surface area contributed by atoms with Crippen LogP contribution in [-0.2, 0) is 4.79 Å². The molecule has 0 bridgehead atoms. The minimum atomic E-state index is -0.374. The van der Waals surface area contributed by atoms with Crippen LogP contribution in [0.25, 0.3) is 0 Å². The average molecular weight is 214 g/mol. The highest BCUT2D eigenvalue weighted by Crippen LogP contribution is 2.18. The summed E-state index contributed by atoms with van der Waals surface area (Å²) in [7, 11) is 0. The number of nitrogens with two attached hydrogens (primary N) is 1. The van der Waals surface area contributed by atoms with Crippen LogP contribution in [0.2, 0.25) is 0 Å². The van der Waals surface area contributed by atoms with Crippen molar-refractivity contribution < 1.29 is 9.90 Å². The Morgan fingerprint density at radius 2 is 2.20 bits per heavy atom. The fourth-order valence-corrected chi connectivity index (χ4v) is 1.93. The summed E-state index contributed by atoms with van der Waals surface area (Å²) in [4.78, 5) is 11.5. The van der Waals surface area contributed by atoms with Crippen LogP contribution >= 0.6 is 0 Å². The molecule has 0 aromatic heterocycles. The molecule has 0 heterocycles. The maximum Gasteiger partial charge on any atom is 0.221 e. The minimum absolute atomic E-state index is 0.0321. The summed E-state index contributed by atoms with van der Waals surface area (Å²) in [5, 5.41) is 12.5. The molecule has 1 unspecified atom stereocenters. The van der Waals surface area contributed by atoms with E-state index in [-0.39, 0.29) is 24.1 Å². The summed E-state index contributed by atoms with van der Waals surface area (Å²) < 4.78 is 0. The molecule has 0 aromatic rings. The van der Waals surface area contributed by atoms with E-state index >= 15 is 0 Å². The van der Waals surface area contributed by atoms with Crippen LogP contribution in [0.15, 0.2) is 0 Å². The Bertz CT molecular complexity index is 209. The van der Waals surface area contributed by atoms with Crippen LogP contribution < -0.4 is 11.1 Å². The predicted octanol–water partition coefficient (Wildman–Crippen LogP) is 0.533. The van der Waals surface area contributed by atoms with Crippen molar-refractivity contribution in [2.24, 2.45) is 5.73 Å². The molecule has 0 aliphatic heterocycles. The third-order valence-electron chi connectivity index (χ3n) is 3.05. The Morgan fingerprint density at radius 1 is 1.53 bits per heavy atom. The minimum Gasteiger partial charge on any atom is -0.391 e. The molecule has 0 radical (unpaired) electrons. The molecule has 1 amide bonds. The summed E-state index contributed by atoms with van der Waals surface area (Å²) in [5.41, 5.74) is 5.69. The van der Waals surface area contributed by atoms with Gasteiger partial charge in [0, 0.05) is 12.5 Å². The molecule has 0 aromatic carbocycles. The van der Waals surface area contributed by atoms with Gasteiger partial charge < -0.3 is 16.2 Å². The molecule has 1 aliphatic rings. The van der Waals surface area contributed by atoms with Crippen LogP contribution in [0.3, 0.4) is 0 Å². The number of carbonyl (C=O) groups is 1. The Hall–Kier alpha value is -0.610. The Balaban J connectivity index is 2.29. The lowest BCUT2D eigenvalue weighted by Crippen LogP contribution is -2.46. The van der Waals surface area contributed by atoms with Gasteiger partial charge in [-0.3, -0.25) is 4.79 Å². The van der Waals surface area contributed by atoms with E-state index in [2.05, 4.69) is 5.32 Å². The third-order valence-corrected chi connectivity index (χ3v) is 3.05. The van der Waals surface area contributed by atoms with Crippen molar-refractivity contribution in [2.75, 3.05) is 0 Å². The van der Waals surface area contributed by atoms with Crippen molar-refractivity contribution in [3.8, 4) is 0 Å². The molecule has 0 spiro atoms. The second-order valence-electron chi connectivity index (χ2n) is 4.40. The van der Waals surface area contributed by atoms with Gasteiger partial charge in [-0.2, -0.15) is 0 Å². The van der Waals surface area contributed by atoms with E-state index in [0.29, 0.717) is 6.42 Å². The number of rotatable bonds is 4. The quantitative estimate of drug-likeness (QED) is 0.639. The second kappa shape index (κ2) is 6.08. The molecule has 15 heavy (non-hydrogen) atoms. The molecule has 1 saturated carbocycles. The number of amides is 1. The summed E-state index contributed by atoms with van der Waals surface area (Å²) in [6.45, 7) is 1.97. The summed E-state index contributed by atoms with van der Waals surface area (Å²) >= 11 is 0. The standard InChI is InChI=1S/C11H22N2O2/c1-2-8(12)7-11(15)13-9-5-3-4-6-10(9)14/h8-10,14H,2-7,12H2,1H3,(H,13,15)/t8?,9-,10-/m0/s1. The monoisotopic (exact) mass is 214 g/mol. The van der Waals surface area contributed by atoms with Gasteiger partial charge in [-0.25, -0.2) is 0 Å². The van der Waals surface area contributed by atoms with Crippen LogP contribution in [-0.4, -0.2) is 29.2 Å². The molecule has 88 valence electrons. The van der Waals surface area contributed by atoms with Gasteiger partial charge in [0.2, 0.25) is 5.91 Å². The van der Waals surface area contributed by atoms with Crippen molar-refractivity contribution in [2.45, 2.75) is 63.6 Å². The lowest BCUT2D eigenvalue weighted by atomic mass is 9.92. The van der Waals surface area contributed by atoms with Crippen molar-refractivity contribution in [1.82, 2.24) is 5.32 Å². The number of aliphatic hydroxyl groups excluding tert-OH is 1. The fourth-order valence-electron chi connectivity index (χ4n) is 1.93. The topological polar surface area (TPSA) is 75.4 Å². The van der Waals surface area contributed by atoms with Gasteiger partial charge in [-0.05, 0) is 19.3 Å². The summed E-state index contributed by atoms with van der Waals surface area (Å²) in [6, 6.07) is -0.124. The molecule has 4 heteroatoms. The van der Waals surface area contributed by atoms with E-state index in [9.17, 15) is 9.90 Å². The lowest BCUT2D eigenvalue weighted by molar-refractivity contribution is -0.123. The highest BCUT2D eigenvalue weighted by atomic mass is 16.3. The number of hydrogen-bond acceptors (Lipinski definition) is 3. The van der Waals surface area contributed by atoms with Crippen molar-refractivity contribution >= 4 is 5.91 Å². The molecule has 4 N–H and O–H groups in total. The molecule has 1 aliphatic carbocycles. The maximum atomic E-state index is 11.5. The van der Waals surface area contributed by atoms with Crippen LogP contribution in [0.4, 0.5) is 0 Å². The van der Waals surface area contributed by atoms with E-state index in [0.717, 1.165) is 32.1 Å². The van der Waals surface area contributed by atoms with Gasteiger partial charge in [0.1, 0.15) is 0 Å². The predicted molar refractivity (Wildman–Crippen MR) is 59.3 cm³/mol. The lowest BCUT2D eigenvalue weighted by Gasteiger charge is -2.28. The SMILES string of the molecule is CCC(N)CC(=O)N[C@H]1CCCC[C@@H]1O. The number of aliphatic hydroxyl groups is 1. The molecule has 1 fully saturated rings. The Labute approximate surface area is 91.2 Å². The first-order chi connectivity index (χ1) is 7.13. The Morgan fingerprint density at radius 3 is 2.80 bits per heavy atom. The van der Waals surface area contributed by atoms with Crippen molar-refractivity contribution in [1.29, 1.82) is 0 Å². The first kappa shape index (κ1) is 12.5. The van der Waals surface area contributed by atoms with Gasteiger partial charge in [0.25, 0.3) is 0 Å². The van der Waals surface area contributed by atoms with E-state index in [4.69, 9.17) is 5.73 Å². The summed E-state index contributed by atoms with van der Waals surface area (Å²) in [5.74, 6) is -0.0321. The second-order valence-corrected chi connectivity index (χ2v) is 4.40. The largest absolute Gasteiger partial charge is 0.391 e. The zero-order chi connectivity index (χ0) is 11.3. The number of nitrogens with one attached hydrogen (secondary N) is 1. The highest BCUT2D eigenvalue weighted by Gasteiger charge is 2.24. The van der Waals surface area contributed by atoms with Gasteiger partial charge in [0.05, 0.1) is 12.1 Å². The van der Waals surface area contributed by atoms with Crippen LogP contribution in [0.5, 0.6) is 0 Å². The number of carbonyl (C=O) groups excluding carboxylic acids is 1. The van der Waals surface area contributed by atoms with Gasteiger partial charge in [-0.15, -0.1) is 0 Å². The van der Waals surface area contributed by atoms with E-state index in [1.165, 1.54) is 0 Å². The zero-order valence-electron chi connectivity index (χ0n) is 9.41. The average Bonchev–Trinajstić information content (AvgIpc) is 2.21. The molecule has 3 atom stereocenters. The zero-order valence-corrected chi connectivity index (χ0v) is 9.41. The molecule has 0 saturated heterocycles. The first-order valence-corrected chi connectivity index (χ1v) is 5.86. The molecular weight excluding hydrogens is 192 g/mol. The van der Waals surface area contributed by atoms with Crippen LogP contribution in [0, 0.1) is 0 Å². The van der Waals surface area contributed by atoms with Crippen molar-refractivity contribution in [3.05, 3.63) is 0 Å². The fraction of sp³-hybridized carbons (Fsp3) is 0.909. The smallest absolute Gasteiger partial charge is 0.221 e. The van der Waals surface area contributed by atoms with E-state index < -0.39 is 0 Å². The maximum absolute atomic E-state index is 11.5. The van der Waals surface area contributed by atoms with Gasteiger partial charge in [0.15, 0.2) is 0 Å². The van der Waals surface area contributed by atoms with Crippen LogP contribution in [0.1, 0.15) is 45.4 Å². The first-order valence-electron chi connectivity index (χ1n) is 5.86. The Kier molecular flexibility index (Phi) is 5.05. The normalized spacial score (nSPS) is 28.5. The number of hydrogen-bond donors (Lipinski definition) is 3. The molecule has 1 rings (SSSR count). The highest BCUT2D eigenvalue weighted by molar-refractivity contribution is 5.76. The molecular formula is C11H22N2O2. The molecule has 4 nitrogen and oxygen atoms in total. The van der Waals surface area contributed by atoms with Crippen molar-refractivity contribution in [3.63, 3.8) is 0 Å². The van der Waals surface area contributed by atoms with Gasteiger partial charge >= 0.3 is 0 Å². The van der Waals surface area contributed by atoms with E-state index in [1.54, 1.807) is 0 Å². The summed E-state index contributed by atoms with van der Waals surface area (Å²) in [6.07, 6.45) is 4.61. The third kappa shape index (κ3) is 4.18. The van der Waals surface area contributed by atoms with E-state index in [1.807, 2.05) is 6.92 Å². The van der Waals surface area contributed by atoms with Gasteiger partial charge in [-0.1, -0.05) is 19.8 Å².